The number of anilines is 1. The summed E-state index contributed by atoms with van der Waals surface area (Å²) >= 11 is 0. The van der Waals surface area contributed by atoms with E-state index in [0.717, 1.165) is 5.56 Å². The first-order valence-electron chi connectivity index (χ1n) is 13.1. The Morgan fingerprint density at radius 1 is 0.927 bits per heavy atom. The Balaban J connectivity index is 1.19. The van der Waals surface area contributed by atoms with Crippen LogP contribution in [0, 0.1) is 6.92 Å². The van der Waals surface area contributed by atoms with Crippen LogP contribution in [0.4, 0.5) is 5.69 Å². The van der Waals surface area contributed by atoms with E-state index in [4.69, 9.17) is 14.2 Å². The maximum atomic E-state index is 13.5. The van der Waals surface area contributed by atoms with Crippen LogP contribution in [-0.4, -0.2) is 79.2 Å². The predicted octanol–water partition coefficient (Wildman–Crippen LogP) is 2.17. The fraction of sp³-hybridized carbons (Fsp3) is 0.321. The second kappa shape index (κ2) is 12.1. The van der Waals surface area contributed by atoms with Crippen molar-refractivity contribution in [1.29, 1.82) is 0 Å². The summed E-state index contributed by atoms with van der Waals surface area (Å²) < 4.78 is 71.9. The molecular weight excluding hydrogens is 570 g/mol. The number of benzene rings is 3. The molecule has 2 heterocycles. The summed E-state index contributed by atoms with van der Waals surface area (Å²) in [6, 6.07) is 19.3. The quantitative estimate of drug-likeness (QED) is 0.369. The third-order valence-corrected chi connectivity index (χ3v) is 10.4. The zero-order valence-corrected chi connectivity index (χ0v) is 24.1. The number of ether oxygens (including phenoxy) is 3. The van der Waals surface area contributed by atoms with Crippen molar-refractivity contribution in [1.82, 2.24) is 9.62 Å². The molecule has 1 fully saturated rings. The molecule has 5 rings (SSSR count). The van der Waals surface area contributed by atoms with Gasteiger partial charge in [0.2, 0.25) is 10.0 Å². The first-order chi connectivity index (χ1) is 19.7. The molecule has 11 nitrogen and oxygen atoms in total. The smallest absolute Gasteiger partial charge is 0.264 e. The van der Waals surface area contributed by atoms with Crippen molar-refractivity contribution in [2.75, 3.05) is 50.3 Å². The zero-order chi connectivity index (χ0) is 29.0. The SMILES string of the molecule is Cc1ccc2c(c1)O[C@H](C(=O)NCCOc1ccc(S(=O)(=O)N3CCOCC3)cc1)CN2S(=O)(=O)c1ccccc1. The van der Waals surface area contributed by atoms with Crippen molar-refractivity contribution in [3.05, 3.63) is 78.4 Å². The fourth-order valence-electron chi connectivity index (χ4n) is 4.55. The maximum absolute atomic E-state index is 13.5. The van der Waals surface area contributed by atoms with E-state index in [2.05, 4.69) is 5.32 Å². The normalized spacial score (nSPS) is 17.8. The van der Waals surface area contributed by atoms with Crippen LogP contribution < -0.4 is 19.1 Å². The number of sulfonamides is 2. The van der Waals surface area contributed by atoms with Crippen molar-refractivity contribution >= 4 is 31.6 Å². The van der Waals surface area contributed by atoms with Crippen molar-refractivity contribution in [3.8, 4) is 11.5 Å². The van der Waals surface area contributed by atoms with E-state index in [1.807, 2.05) is 6.92 Å². The maximum Gasteiger partial charge on any atom is 0.264 e. The lowest BCUT2D eigenvalue weighted by molar-refractivity contribution is -0.127. The van der Waals surface area contributed by atoms with Crippen molar-refractivity contribution < 1.29 is 35.8 Å². The molecule has 3 aromatic carbocycles. The number of rotatable bonds is 9. The van der Waals surface area contributed by atoms with Crippen LogP contribution >= 0.6 is 0 Å². The lowest BCUT2D eigenvalue weighted by Crippen LogP contribution is -2.51. The number of hydrogen-bond donors (Lipinski definition) is 1. The molecule has 13 heteroatoms. The molecule has 0 aliphatic carbocycles. The van der Waals surface area contributed by atoms with Crippen LogP contribution in [0.5, 0.6) is 11.5 Å². The number of carbonyl (C=O) groups is 1. The molecule has 218 valence electrons. The van der Waals surface area contributed by atoms with Gasteiger partial charge in [0.1, 0.15) is 18.1 Å². The average molecular weight is 602 g/mol. The molecule has 1 atom stereocenters. The van der Waals surface area contributed by atoms with Crippen molar-refractivity contribution in [2.45, 2.75) is 22.8 Å². The topological polar surface area (TPSA) is 132 Å². The molecule has 0 unspecified atom stereocenters. The summed E-state index contributed by atoms with van der Waals surface area (Å²) in [4.78, 5) is 13.3. The molecule has 41 heavy (non-hydrogen) atoms. The van der Waals surface area contributed by atoms with E-state index in [0.29, 0.717) is 43.5 Å². The first-order valence-corrected chi connectivity index (χ1v) is 16.0. The molecule has 2 aliphatic rings. The highest BCUT2D eigenvalue weighted by Crippen LogP contribution is 2.37. The van der Waals surface area contributed by atoms with E-state index >= 15 is 0 Å². The van der Waals surface area contributed by atoms with Crippen LogP contribution in [0.3, 0.4) is 0 Å². The highest BCUT2D eigenvalue weighted by atomic mass is 32.2. The summed E-state index contributed by atoms with van der Waals surface area (Å²) in [5.74, 6) is 0.263. The first kappa shape index (κ1) is 28.9. The van der Waals surface area contributed by atoms with Crippen LogP contribution in [0.2, 0.25) is 0 Å². The molecule has 1 amide bonds. The largest absolute Gasteiger partial charge is 0.492 e. The van der Waals surface area contributed by atoms with Gasteiger partial charge in [-0.3, -0.25) is 9.10 Å². The van der Waals surface area contributed by atoms with Gasteiger partial charge in [-0.2, -0.15) is 4.31 Å². The minimum atomic E-state index is -3.94. The molecule has 1 saturated heterocycles. The number of morpholine rings is 1. The van der Waals surface area contributed by atoms with Gasteiger partial charge < -0.3 is 19.5 Å². The van der Waals surface area contributed by atoms with Crippen LogP contribution in [0.1, 0.15) is 5.56 Å². The van der Waals surface area contributed by atoms with Crippen LogP contribution in [0.25, 0.3) is 0 Å². The van der Waals surface area contributed by atoms with Gasteiger partial charge in [-0.25, -0.2) is 16.8 Å². The highest BCUT2D eigenvalue weighted by molar-refractivity contribution is 7.92. The Bertz CT molecular complexity index is 1590. The van der Waals surface area contributed by atoms with Gasteiger partial charge in [0.05, 0.1) is 41.8 Å². The van der Waals surface area contributed by atoms with Gasteiger partial charge in [-0.15, -0.1) is 0 Å². The second-order valence-corrected chi connectivity index (χ2v) is 13.4. The third-order valence-electron chi connectivity index (χ3n) is 6.71. The summed E-state index contributed by atoms with van der Waals surface area (Å²) in [6.45, 7) is 3.24. The lowest BCUT2D eigenvalue weighted by Gasteiger charge is -2.35. The van der Waals surface area contributed by atoms with Gasteiger partial charge in [-0.05, 0) is 61.0 Å². The van der Waals surface area contributed by atoms with E-state index in [1.54, 1.807) is 48.5 Å². The fourth-order valence-corrected chi connectivity index (χ4v) is 7.45. The highest BCUT2D eigenvalue weighted by Gasteiger charge is 2.37. The summed E-state index contributed by atoms with van der Waals surface area (Å²) in [6.07, 6.45) is -1.08. The number of fused-ring (bicyclic) bond motifs is 1. The molecule has 1 N–H and O–H groups in total. The molecule has 0 aromatic heterocycles. The summed E-state index contributed by atoms with van der Waals surface area (Å²) in [5.41, 5.74) is 1.23. The number of hydrogen-bond acceptors (Lipinski definition) is 8. The Kier molecular flexibility index (Phi) is 8.50. The molecule has 0 bridgehead atoms. The second-order valence-electron chi connectivity index (χ2n) is 9.55. The monoisotopic (exact) mass is 601 g/mol. The van der Waals surface area contributed by atoms with E-state index in [9.17, 15) is 21.6 Å². The van der Waals surface area contributed by atoms with Crippen LogP contribution in [-0.2, 0) is 29.6 Å². The van der Waals surface area contributed by atoms with Gasteiger partial charge in [0.15, 0.2) is 6.10 Å². The molecule has 0 saturated carbocycles. The zero-order valence-electron chi connectivity index (χ0n) is 22.4. The molecular formula is C28H31N3O8S2. The average Bonchev–Trinajstić information content (AvgIpc) is 2.99. The molecule has 0 radical (unpaired) electrons. The Morgan fingerprint density at radius 3 is 2.32 bits per heavy atom. The van der Waals surface area contributed by atoms with Gasteiger partial charge in [0.25, 0.3) is 15.9 Å². The Hall–Kier alpha value is -3.65. The minimum absolute atomic E-state index is 0.107. The Labute approximate surface area is 239 Å². The predicted molar refractivity (Wildman–Crippen MR) is 151 cm³/mol. The van der Waals surface area contributed by atoms with E-state index in [-0.39, 0.29) is 29.5 Å². The minimum Gasteiger partial charge on any atom is -0.492 e. The number of nitrogens with zero attached hydrogens (tertiary/aromatic N) is 2. The van der Waals surface area contributed by atoms with Crippen molar-refractivity contribution in [2.24, 2.45) is 0 Å². The summed E-state index contributed by atoms with van der Waals surface area (Å²) in [5, 5.41) is 2.73. The third kappa shape index (κ3) is 6.32. The Morgan fingerprint density at radius 2 is 1.61 bits per heavy atom. The standard InChI is InChI=1S/C28H31N3O8S2/c1-21-7-12-25-26(19-21)39-27(20-31(25)41(35,36)23-5-3-2-4-6-23)28(32)29-13-16-38-22-8-10-24(11-9-22)40(33,34)30-14-17-37-18-15-30/h2-12,19,27H,13-18,20H2,1H3,(H,29,32)/t27-/m0/s1. The van der Waals surface area contributed by atoms with Gasteiger partial charge in [-0.1, -0.05) is 24.3 Å². The summed E-state index contributed by atoms with van der Waals surface area (Å²) in [7, 11) is -7.55. The van der Waals surface area contributed by atoms with E-state index < -0.39 is 32.1 Å². The number of carbonyl (C=O) groups excluding carboxylic acids is 1. The number of nitrogens with one attached hydrogen (secondary N) is 1. The molecule has 2 aliphatic heterocycles. The van der Waals surface area contributed by atoms with Crippen molar-refractivity contribution in [3.63, 3.8) is 0 Å². The lowest BCUT2D eigenvalue weighted by atomic mass is 10.1. The van der Waals surface area contributed by atoms with Gasteiger partial charge in [0, 0.05) is 13.1 Å². The van der Waals surface area contributed by atoms with E-state index in [1.165, 1.54) is 32.9 Å². The molecule has 0 spiro atoms. The number of amides is 1. The van der Waals surface area contributed by atoms with Gasteiger partial charge >= 0.3 is 0 Å². The molecule has 3 aromatic rings. The number of aryl methyl sites for hydroxylation is 1. The van der Waals surface area contributed by atoms with Crippen LogP contribution in [0.15, 0.2) is 82.6 Å².